The van der Waals surface area contributed by atoms with Gasteiger partial charge in [0, 0.05) is 24.0 Å². The molecular formula is C51H62F4N8O6. The number of alkyl halides is 4. The normalized spacial score (nSPS) is 27.4. The summed E-state index contributed by atoms with van der Waals surface area (Å²) in [6, 6.07) is -0.00303. The summed E-state index contributed by atoms with van der Waals surface area (Å²) in [5, 5.41) is 5.04. The number of benzene rings is 1. The van der Waals surface area contributed by atoms with Crippen LogP contribution in [0.15, 0.2) is 48.3 Å². The smallest absolute Gasteiger partial charge is 0.407 e. The molecule has 0 radical (unpaired) electrons. The summed E-state index contributed by atoms with van der Waals surface area (Å²) >= 11 is 0. The largest absolute Gasteiger partial charge is 0.453 e. The topological polar surface area (TPSA) is 175 Å². The van der Waals surface area contributed by atoms with Crippen molar-refractivity contribution >= 4 is 35.1 Å². The van der Waals surface area contributed by atoms with Gasteiger partial charge in [-0.05, 0) is 114 Å². The monoisotopic (exact) mass is 958 g/mol. The van der Waals surface area contributed by atoms with Crippen LogP contribution in [0.25, 0.3) is 22.4 Å². The molecule has 5 fully saturated rings. The summed E-state index contributed by atoms with van der Waals surface area (Å²) in [7, 11) is 2.35. The van der Waals surface area contributed by atoms with Crippen molar-refractivity contribution in [1.82, 2.24) is 40.4 Å². The molecule has 8 atom stereocenters. The van der Waals surface area contributed by atoms with E-state index in [2.05, 4.69) is 56.2 Å². The van der Waals surface area contributed by atoms with Gasteiger partial charge in [0.2, 0.25) is 11.8 Å². The number of halogens is 4. The number of H-pyrrole nitrogens is 2. The molecule has 3 saturated carbocycles. The van der Waals surface area contributed by atoms with Crippen LogP contribution in [0.1, 0.15) is 144 Å². The molecule has 69 heavy (non-hydrogen) atoms. The maximum absolute atomic E-state index is 15.2. The van der Waals surface area contributed by atoms with Gasteiger partial charge in [-0.25, -0.2) is 37.1 Å². The van der Waals surface area contributed by atoms with Crippen molar-refractivity contribution in [3.05, 3.63) is 82.4 Å². The molecule has 4 unspecified atom stereocenters. The Morgan fingerprint density at radius 1 is 0.739 bits per heavy atom. The number of methoxy groups -OCH3 is 2. The number of aromatic nitrogens is 4. The first-order valence-corrected chi connectivity index (χ1v) is 24.2. The highest BCUT2D eigenvalue weighted by molar-refractivity contribution is 5.89. The fourth-order valence-corrected chi connectivity index (χ4v) is 12.5. The molecule has 370 valence electrons. The zero-order valence-corrected chi connectivity index (χ0v) is 40.2. The van der Waals surface area contributed by atoms with Crippen LogP contribution >= 0.6 is 0 Å². The Bertz CT molecular complexity index is 2630. The van der Waals surface area contributed by atoms with Crippen LogP contribution in [0.5, 0.6) is 0 Å². The third-order valence-electron chi connectivity index (χ3n) is 15.7. The van der Waals surface area contributed by atoms with Crippen molar-refractivity contribution in [3.63, 3.8) is 0 Å². The molecule has 3 aromatic rings. The highest BCUT2D eigenvalue weighted by Gasteiger charge is 2.52. The number of fused-ring (bicyclic) bond motifs is 7. The number of imidazole rings is 2. The van der Waals surface area contributed by atoms with Crippen LogP contribution < -0.4 is 10.6 Å². The lowest BCUT2D eigenvalue weighted by Crippen LogP contribution is -2.51. The first-order chi connectivity index (χ1) is 32.7. The van der Waals surface area contributed by atoms with Gasteiger partial charge < -0.3 is 39.9 Å². The Kier molecular flexibility index (Phi) is 12.6. The lowest BCUT2D eigenvalue weighted by molar-refractivity contribution is -0.137. The Morgan fingerprint density at radius 2 is 1.23 bits per heavy atom. The second kappa shape index (κ2) is 18.1. The fraction of sp³-hybridized carbons (Fsp3) is 0.569. The van der Waals surface area contributed by atoms with E-state index in [-0.39, 0.29) is 17.6 Å². The lowest BCUT2D eigenvalue weighted by Gasteiger charge is -2.29. The summed E-state index contributed by atoms with van der Waals surface area (Å²) in [6.45, 7) is 11.7. The zero-order valence-electron chi connectivity index (χ0n) is 40.2. The summed E-state index contributed by atoms with van der Waals surface area (Å²) in [4.78, 5) is 70.2. The van der Waals surface area contributed by atoms with E-state index in [0.717, 1.165) is 65.0 Å². The molecule has 2 aliphatic heterocycles. The first-order valence-electron chi connectivity index (χ1n) is 24.2. The number of carbonyl (C=O) groups is 4. The van der Waals surface area contributed by atoms with E-state index in [0.29, 0.717) is 29.1 Å². The van der Waals surface area contributed by atoms with Crippen LogP contribution in [0.4, 0.5) is 27.2 Å². The number of nitrogens with zero attached hydrogens (tertiary/aromatic N) is 4. The maximum atomic E-state index is 15.2. The second-order valence-electron chi connectivity index (χ2n) is 20.6. The van der Waals surface area contributed by atoms with Gasteiger partial charge >= 0.3 is 12.2 Å². The van der Waals surface area contributed by atoms with E-state index >= 15 is 17.6 Å². The van der Waals surface area contributed by atoms with Gasteiger partial charge in [-0.2, -0.15) is 0 Å². The Morgan fingerprint density at radius 3 is 1.77 bits per heavy atom. The maximum Gasteiger partial charge on any atom is 0.407 e. The highest BCUT2D eigenvalue weighted by atomic mass is 19.3. The Balaban J connectivity index is 1.05. The number of amides is 4. The van der Waals surface area contributed by atoms with Gasteiger partial charge in [0.25, 0.3) is 11.8 Å². The molecule has 4 amide bonds. The molecule has 4 bridgehead atoms. The van der Waals surface area contributed by atoms with Gasteiger partial charge in [-0.3, -0.25) is 9.59 Å². The van der Waals surface area contributed by atoms with Crippen LogP contribution in [-0.4, -0.2) is 105 Å². The van der Waals surface area contributed by atoms with E-state index in [4.69, 9.17) is 9.47 Å². The standard InChI is InChI=1S/C51H62F4N8O6/c1-9-31(34-20-56-44(58-34)36-18-50(52,53)22-62(36)46(64)42(24(2)3)60-48(66)68-7)39-28-11-10-27(16-28)38(39)26(6)32-14-15-33(41-30-13-12-29(17-30)40(32)41)35-21-57-45(59-35)37-19-51(54,55)23-63(37)47(65)43(25(4)5)61-49(67)69-8/h9,14-15,20-21,24-25,27-30,36-37,42-43H,1,10-13,16-19,22-23H2,2-8H3,(H,56,58)(H,57,59)(H,60,66)(H,61,67)/b38-26+,39-31+/t27?,28?,29?,30?,36-,37-,42-,43-/m0/s1. The van der Waals surface area contributed by atoms with Crippen LogP contribution in [0.3, 0.4) is 0 Å². The number of ether oxygens (including phenoxy) is 2. The number of allylic oxidation sites excluding steroid dienone is 5. The van der Waals surface area contributed by atoms with Crippen molar-refractivity contribution in [2.75, 3.05) is 27.3 Å². The van der Waals surface area contributed by atoms with Crippen molar-refractivity contribution in [1.29, 1.82) is 0 Å². The SMILES string of the molecule is C=C/C(=C1\C(=C(/C)c2ccc(-c3cnc([C@@H]4CC(F)(F)CN4C(=O)[C@@H](NC(=O)OC)C(C)C)[nH]3)c3c2C2CCC3C2)C2CCC1C2)c1cnc([C@@H]2CC(F)(F)CN2C(=O)[C@@H](NC(=O)OC)C(C)C)[nH]1. The molecule has 14 nitrogen and oxygen atoms in total. The highest BCUT2D eigenvalue weighted by Crippen LogP contribution is 2.60. The lowest BCUT2D eigenvalue weighted by atomic mass is 9.78. The van der Waals surface area contributed by atoms with E-state index in [9.17, 15) is 19.2 Å². The van der Waals surface area contributed by atoms with Gasteiger partial charge in [-0.1, -0.05) is 52.5 Å². The third-order valence-corrected chi connectivity index (χ3v) is 15.7. The number of carbonyl (C=O) groups excluding carboxylic acids is 4. The molecule has 4 heterocycles. The van der Waals surface area contributed by atoms with E-state index in [1.54, 1.807) is 46.2 Å². The molecule has 4 N–H and O–H groups in total. The summed E-state index contributed by atoms with van der Waals surface area (Å²) < 4.78 is 70.3. The number of rotatable bonds is 12. The quantitative estimate of drug-likeness (QED) is 0.130. The van der Waals surface area contributed by atoms with Crippen molar-refractivity contribution in [2.24, 2.45) is 23.7 Å². The second-order valence-corrected chi connectivity index (χ2v) is 20.6. The molecule has 2 saturated heterocycles. The number of aromatic amines is 2. The number of alkyl carbamates (subject to hydrolysis) is 2. The van der Waals surface area contributed by atoms with Gasteiger partial charge in [0.1, 0.15) is 23.7 Å². The molecule has 18 heteroatoms. The number of nitrogens with one attached hydrogen (secondary N) is 4. The van der Waals surface area contributed by atoms with E-state index in [1.807, 2.05) is 0 Å². The summed E-state index contributed by atoms with van der Waals surface area (Å²) in [5.74, 6) is -6.74. The third kappa shape index (κ3) is 8.63. The Hall–Kier alpha value is -5.94. The van der Waals surface area contributed by atoms with Crippen molar-refractivity contribution in [2.45, 2.75) is 134 Å². The predicted molar refractivity (Wildman–Crippen MR) is 249 cm³/mol. The zero-order chi connectivity index (χ0) is 49.4. The van der Waals surface area contributed by atoms with Gasteiger partial charge in [-0.15, -0.1) is 0 Å². The molecular weight excluding hydrogens is 897 g/mol. The molecule has 0 spiro atoms. The molecule has 6 aliphatic rings. The van der Waals surface area contributed by atoms with Crippen LogP contribution in [0.2, 0.25) is 0 Å². The number of hydrogen-bond donors (Lipinski definition) is 4. The average molecular weight is 959 g/mol. The predicted octanol–water partition coefficient (Wildman–Crippen LogP) is 9.59. The molecule has 1 aromatic carbocycles. The minimum Gasteiger partial charge on any atom is -0.453 e. The van der Waals surface area contributed by atoms with Gasteiger partial charge in [0.05, 0.1) is 63.2 Å². The summed E-state index contributed by atoms with van der Waals surface area (Å²) in [6.07, 6.45) is 8.30. The first kappa shape index (κ1) is 48.1. The van der Waals surface area contributed by atoms with Crippen molar-refractivity contribution < 1.29 is 46.2 Å². The number of hydrogen-bond acceptors (Lipinski definition) is 8. The molecule has 2 aromatic heterocycles. The molecule has 4 aliphatic carbocycles. The molecule has 9 rings (SSSR count). The van der Waals surface area contributed by atoms with Crippen LogP contribution in [0, 0.1) is 23.7 Å². The minimum atomic E-state index is -3.18. The van der Waals surface area contributed by atoms with Crippen LogP contribution in [-0.2, 0) is 19.1 Å². The average Bonchev–Trinajstić information content (AvgIpc) is 4.18. The number of likely N-dealkylation sites (tertiary alicyclic amines) is 2. The van der Waals surface area contributed by atoms with E-state index < -0.39 is 97.8 Å². The Labute approximate surface area is 399 Å². The van der Waals surface area contributed by atoms with Crippen molar-refractivity contribution in [3.8, 4) is 11.3 Å². The summed E-state index contributed by atoms with van der Waals surface area (Å²) in [5.41, 5.74) is 10.4. The fourth-order valence-electron chi connectivity index (χ4n) is 12.5. The minimum absolute atomic E-state index is 0.226. The van der Waals surface area contributed by atoms with E-state index in [1.165, 1.54) is 42.1 Å². The van der Waals surface area contributed by atoms with Gasteiger partial charge in [0.15, 0.2) is 0 Å².